The van der Waals surface area contributed by atoms with Gasteiger partial charge in [-0.05, 0) is 12.1 Å². The van der Waals surface area contributed by atoms with Crippen LogP contribution in [0, 0.1) is 5.41 Å². The predicted octanol–water partition coefficient (Wildman–Crippen LogP) is 1.66. The van der Waals surface area contributed by atoms with E-state index in [0.717, 1.165) is 21.9 Å². The summed E-state index contributed by atoms with van der Waals surface area (Å²) in [5, 5.41) is 10.2. The molecule has 1 saturated heterocycles. The van der Waals surface area contributed by atoms with Gasteiger partial charge in [0.25, 0.3) is 0 Å². The second-order valence-electron chi connectivity index (χ2n) is 4.50. The van der Waals surface area contributed by atoms with Crippen LogP contribution in [0.5, 0.6) is 0 Å². The normalized spacial score (nSPS) is 18.2. The van der Waals surface area contributed by atoms with Gasteiger partial charge in [-0.25, -0.2) is 4.98 Å². The summed E-state index contributed by atoms with van der Waals surface area (Å²) >= 11 is 1.65. The van der Waals surface area contributed by atoms with Gasteiger partial charge in [-0.15, -0.1) is 0 Å². The molecule has 2 heterocycles. The smallest absolute Gasteiger partial charge is 0.166 e. The minimum Gasteiger partial charge on any atom is -0.396 e. The summed E-state index contributed by atoms with van der Waals surface area (Å²) in [6.45, 7) is 1.48. The Kier molecular flexibility index (Phi) is 2.82. The van der Waals surface area contributed by atoms with Crippen molar-refractivity contribution in [3.05, 3.63) is 24.3 Å². The fourth-order valence-corrected chi connectivity index (χ4v) is 2.88. The van der Waals surface area contributed by atoms with Crippen molar-refractivity contribution in [2.75, 3.05) is 25.6 Å². The molecule has 0 radical (unpaired) electrons. The van der Waals surface area contributed by atoms with Gasteiger partial charge < -0.3 is 14.8 Å². The van der Waals surface area contributed by atoms with Gasteiger partial charge in [0.05, 0.1) is 30.9 Å². The van der Waals surface area contributed by atoms with Gasteiger partial charge in [0, 0.05) is 11.2 Å². The quantitative estimate of drug-likeness (QED) is 0.810. The molecule has 5 heteroatoms. The fourth-order valence-electron chi connectivity index (χ4n) is 1.83. The maximum atomic E-state index is 9.33. The number of ether oxygens (including phenoxy) is 1. The molecule has 0 bridgehead atoms. The first kappa shape index (κ1) is 11.1. The number of hydrogen-bond donors (Lipinski definition) is 2. The molecule has 1 aliphatic heterocycles. The summed E-state index contributed by atoms with van der Waals surface area (Å²) in [6.07, 6.45) is 0. The summed E-state index contributed by atoms with van der Waals surface area (Å²) in [5.74, 6) is 0.837. The van der Waals surface area contributed by atoms with Crippen LogP contribution in [0.15, 0.2) is 29.4 Å². The zero-order chi connectivity index (χ0) is 11.7. The molecule has 2 aromatic rings. The van der Waals surface area contributed by atoms with Crippen molar-refractivity contribution >= 4 is 22.8 Å². The molecule has 4 nitrogen and oxygen atoms in total. The Labute approximate surface area is 103 Å². The van der Waals surface area contributed by atoms with Crippen molar-refractivity contribution in [2.45, 2.75) is 5.16 Å². The van der Waals surface area contributed by atoms with E-state index in [4.69, 9.17) is 4.74 Å². The van der Waals surface area contributed by atoms with Gasteiger partial charge in [-0.2, -0.15) is 0 Å². The largest absolute Gasteiger partial charge is 0.396 e. The third kappa shape index (κ3) is 2.06. The molecule has 0 aliphatic carbocycles. The lowest BCUT2D eigenvalue weighted by atomic mass is 9.90. The summed E-state index contributed by atoms with van der Waals surface area (Å²) in [4.78, 5) is 7.76. The number of benzene rings is 1. The van der Waals surface area contributed by atoms with Crippen LogP contribution in [0.1, 0.15) is 0 Å². The van der Waals surface area contributed by atoms with Gasteiger partial charge in [-0.3, -0.25) is 0 Å². The predicted molar refractivity (Wildman–Crippen MR) is 67.2 cm³/mol. The van der Waals surface area contributed by atoms with Crippen molar-refractivity contribution in [1.29, 1.82) is 0 Å². The van der Waals surface area contributed by atoms with Crippen LogP contribution in [0.4, 0.5) is 0 Å². The summed E-state index contributed by atoms with van der Waals surface area (Å²) in [6, 6.07) is 7.97. The highest BCUT2D eigenvalue weighted by molar-refractivity contribution is 7.99. The Morgan fingerprint density at radius 3 is 2.88 bits per heavy atom. The lowest BCUT2D eigenvalue weighted by Crippen LogP contribution is -2.47. The Morgan fingerprint density at radius 2 is 2.24 bits per heavy atom. The number of thioether (sulfide) groups is 1. The van der Waals surface area contributed by atoms with Gasteiger partial charge in [-0.1, -0.05) is 23.9 Å². The van der Waals surface area contributed by atoms with Crippen molar-refractivity contribution in [3.63, 3.8) is 0 Å². The number of aromatic amines is 1. The van der Waals surface area contributed by atoms with Crippen LogP contribution in [0.2, 0.25) is 0 Å². The van der Waals surface area contributed by atoms with Gasteiger partial charge in [0.2, 0.25) is 0 Å². The monoisotopic (exact) mass is 250 g/mol. The van der Waals surface area contributed by atoms with Crippen molar-refractivity contribution in [1.82, 2.24) is 9.97 Å². The highest BCUT2D eigenvalue weighted by atomic mass is 32.2. The second kappa shape index (κ2) is 4.33. The molecule has 0 amide bonds. The van der Waals surface area contributed by atoms with E-state index in [1.54, 1.807) is 11.8 Å². The third-order valence-corrected chi connectivity index (χ3v) is 4.26. The topological polar surface area (TPSA) is 58.1 Å². The molecule has 90 valence electrons. The first-order valence-electron chi connectivity index (χ1n) is 5.58. The molecule has 1 aromatic heterocycles. The van der Waals surface area contributed by atoms with E-state index in [-0.39, 0.29) is 12.0 Å². The van der Waals surface area contributed by atoms with Crippen LogP contribution < -0.4 is 0 Å². The number of aromatic nitrogens is 2. The van der Waals surface area contributed by atoms with Crippen LogP contribution in [-0.2, 0) is 4.74 Å². The van der Waals surface area contributed by atoms with Crippen molar-refractivity contribution in [2.24, 2.45) is 5.41 Å². The van der Waals surface area contributed by atoms with Crippen LogP contribution in [-0.4, -0.2) is 40.6 Å². The van der Waals surface area contributed by atoms with E-state index in [1.165, 1.54) is 0 Å². The number of aliphatic hydroxyl groups is 1. The molecule has 17 heavy (non-hydrogen) atoms. The number of rotatable bonds is 4. The maximum Gasteiger partial charge on any atom is 0.166 e. The standard InChI is InChI=1S/C12H14N2O2S/c15-5-12(6-16-7-12)8-17-11-13-9-3-1-2-4-10(9)14-11/h1-4,15H,5-8H2,(H,13,14). The van der Waals surface area contributed by atoms with Gasteiger partial charge >= 0.3 is 0 Å². The molecule has 3 rings (SSSR count). The second-order valence-corrected chi connectivity index (χ2v) is 5.46. The number of imidazole rings is 1. The molecule has 0 saturated carbocycles. The van der Waals surface area contributed by atoms with Crippen LogP contribution in [0.3, 0.4) is 0 Å². The molecule has 1 aromatic carbocycles. The SMILES string of the molecule is OCC1(CSc2nc3ccccc3[nH]2)COC1. The number of para-hydroxylation sites is 2. The molecule has 2 N–H and O–H groups in total. The molecule has 1 aliphatic rings. The van der Waals surface area contributed by atoms with Crippen LogP contribution in [0.25, 0.3) is 11.0 Å². The van der Waals surface area contributed by atoms with E-state index in [0.29, 0.717) is 13.2 Å². The first-order chi connectivity index (χ1) is 8.31. The highest BCUT2D eigenvalue weighted by Crippen LogP contribution is 2.33. The molecule has 0 atom stereocenters. The number of aliphatic hydroxyl groups excluding tert-OH is 1. The van der Waals surface area contributed by atoms with E-state index in [2.05, 4.69) is 9.97 Å². The van der Waals surface area contributed by atoms with E-state index in [1.807, 2.05) is 24.3 Å². The molecule has 0 unspecified atom stereocenters. The van der Waals surface area contributed by atoms with Crippen molar-refractivity contribution < 1.29 is 9.84 Å². The van der Waals surface area contributed by atoms with E-state index < -0.39 is 0 Å². The van der Waals surface area contributed by atoms with Crippen LogP contribution >= 0.6 is 11.8 Å². The Morgan fingerprint density at radius 1 is 1.41 bits per heavy atom. The maximum absolute atomic E-state index is 9.33. The first-order valence-corrected chi connectivity index (χ1v) is 6.56. The number of nitrogens with zero attached hydrogens (tertiary/aromatic N) is 1. The van der Waals surface area contributed by atoms with E-state index in [9.17, 15) is 5.11 Å². The summed E-state index contributed by atoms with van der Waals surface area (Å²) < 4.78 is 5.17. The van der Waals surface area contributed by atoms with E-state index >= 15 is 0 Å². The minimum atomic E-state index is -0.0658. The lowest BCUT2D eigenvalue weighted by Gasteiger charge is -2.39. The number of fused-ring (bicyclic) bond motifs is 1. The zero-order valence-electron chi connectivity index (χ0n) is 9.35. The molecular weight excluding hydrogens is 236 g/mol. The van der Waals surface area contributed by atoms with Gasteiger partial charge in [0.15, 0.2) is 5.16 Å². The van der Waals surface area contributed by atoms with Crippen molar-refractivity contribution in [3.8, 4) is 0 Å². The minimum absolute atomic E-state index is 0.0658. The summed E-state index contributed by atoms with van der Waals surface area (Å²) in [5.41, 5.74) is 1.97. The molecule has 0 spiro atoms. The lowest BCUT2D eigenvalue weighted by molar-refractivity contribution is -0.121. The Balaban J connectivity index is 1.72. The number of nitrogens with one attached hydrogen (secondary N) is 1. The zero-order valence-corrected chi connectivity index (χ0v) is 10.2. The average Bonchev–Trinajstić information content (AvgIpc) is 2.71. The average molecular weight is 250 g/mol. The third-order valence-electron chi connectivity index (χ3n) is 3.03. The Hall–Kier alpha value is -1.04. The summed E-state index contributed by atoms with van der Waals surface area (Å²) in [7, 11) is 0. The van der Waals surface area contributed by atoms with Gasteiger partial charge in [0.1, 0.15) is 0 Å². The number of hydrogen-bond acceptors (Lipinski definition) is 4. The molecular formula is C12H14N2O2S. The fraction of sp³-hybridized carbons (Fsp3) is 0.417. The number of H-pyrrole nitrogens is 1. The molecule has 1 fully saturated rings. The Bertz CT molecular complexity index is 483. The highest BCUT2D eigenvalue weighted by Gasteiger charge is 2.38.